The third kappa shape index (κ3) is 5.92. The summed E-state index contributed by atoms with van der Waals surface area (Å²) in [4.78, 5) is 30.3. The Balaban J connectivity index is 1.83. The van der Waals surface area contributed by atoms with Crippen molar-refractivity contribution in [3.05, 3.63) is 64.5 Å². The Morgan fingerprint density at radius 3 is 2.69 bits per heavy atom. The van der Waals surface area contributed by atoms with Crippen molar-refractivity contribution in [2.24, 2.45) is 0 Å². The average Bonchev–Trinajstić information content (AvgIpc) is 2.75. The third-order valence-electron chi connectivity index (χ3n) is 4.64. The maximum atomic E-state index is 13.9. The molecule has 3 aromatic rings. The zero-order valence-electron chi connectivity index (χ0n) is 18.1. The number of para-hydroxylation sites is 1. The summed E-state index contributed by atoms with van der Waals surface area (Å²) in [6.45, 7) is 6.35. The van der Waals surface area contributed by atoms with Crippen molar-refractivity contribution in [3.63, 3.8) is 0 Å². The highest BCUT2D eigenvalue weighted by Crippen LogP contribution is 2.25. The number of ether oxygens (including phenoxy) is 1. The van der Waals surface area contributed by atoms with Gasteiger partial charge >= 0.3 is 0 Å². The lowest BCUT2D eigenvalue weighted by Crippen LogP contribution is -2.27. The number of halogens is 2. The van der Waals surface area contributed by atoms with Gasteiger partial charge in [-0.3, -0.25) is 14.2 Å². The molecule has 1 heterocycles. The Morgan fingerprint density at radius 1 is 1.19 bits per heavy atom. The van der Waals surface area contributed by atoms with Crippen molar-refractivity contribution < 1.29 is 18.3 Å². The molecule has 0 aliphatic carbocycles. The minimum absolute atomic E-state index is 0.0854. The van der Waals surface area contributed by atoms with Crippen LogP contribution in [0.3, 0.4) is 0 Å². The van der Waals surface area contributed by atoms with Crippen LogP contribution in [-0.2, 0) is 16.1 Å². The van der Waals surface area contributed by atoms with E-state index >= 15 is 0 Å². The van der Waals surface area contributed by atoms with E-state index in [-0.39, 0.29) is 17.4 Å². The van der Waals surface area contributed by atoms with E-state index < -0.39 is 22.8 Å². The van der Waals surface area contributed by atoms with E-state index in [0.29, 0.717) is 35.6 Å². The fourth-order valence-electron chi connectivity index (χ4n) is 3.02. The number of nitrogens with zero attached hydrogens (tertiary/aromatic N) is 2. The summed E-state index contributed by atoms with van der Waals surface area (Å²) in [6.07, 6.45) is 0.683. The molecule has 1 unspecified atom stereocenters. The molecule has 0 bridgehead atoms. The summed E-state index contributed by atoms with van der Waals surface area (Å²) in [5.74, 6) is -1.92. The van der Waals surface area contributed by atoms with Crippen LogP contribution in [0.1, 0.15) is 27.2 Å². The maximum Gasteiger partial charge on any atom is 0.262 e. The Labute approximate surface area is 189 Å². The SMILES string of the molecule is CC(C)OCCCn1c(SC(C)C(=O)Nc2cc(F)ccc2F)nc2ccccc2c1=O. The third-order valence-corrected chi connectivity index (χ3v) is 5.73. The maximum absolute atomic E-state index is 13.9. The van der Waals surface area contributed by atoms with Crippen LogP contribution in [-0.4, -0.2) is 33.4 Å². The molecule has 0 aliphatic rings. The fraction of sp³-hybridized carbons (Fsp3) is 0.348. The van der Waals surface area contributed by atoms with Crippen molar-refractivity contribution in [1.82, 2.24) is 9.55 Å². The summed E-state index contributed by atoms with van der Waals surface area (Å²) in [5, 5.41) is 2.54. The van der Waals surface area contributed by atoms with Crippen LogP contribution < -0.4 is 10.9 Å². The van der Waals surface area contributed by atoms with E-state index in [0.717, 1.165) is 30.0 Å². The predicted molar refractivity (Wildman–Crippen MR) is 122 cm³/mol. The second kappa shape index (κ2) is 10.7. The second-order valence-electron chi connectivity index (χ2n) is 7.51. The summed E-state index contributed by atoms with van der Waals surface area (Å²) in [6, 6.07) is 9.85. The highest BCUT2D eigenvalue weighted by atomic mass is 32.2. The number of anilines is 1. The largest absolute Gasteiger partial charge is 0.379 e. The standard InChI is InChI=1S/C23H25F2N3O3S/c1-14(2)31-12-6-11-28-22(30)17-7-4-5-8-19(17)27-23(28)32-15(3)21(29)26-20-13-16(24)9-10-18(20)25/h4-5,7-10,13-15H,6,11-12H2,1-3H3,(H,26,29). The van der Waals surface area contributed by atoms with E-state index in [1.807, 2.05) is 13.8 Å². The summed E-state index contributed by atoms with van der Waals surface area (Å²) in [7, 11) is 0. The van der Waals surface area contributed by atoms with Crippen LogP contribution in [0.4, 0.5) is 14.5 Å². The fourth-order valence-corrected chi connectivity index (χ4v) is 3.95. The Bertz CT molecular complexity index is 1170. The summed E-state index contributed by atoms with van der Waals surface area (Å²) >= 11 is 1.08. The number of amides is 1. The van der Waals surface area contributed by atoms with Gasteiger partial charge in [-0.05, 0) is 51.5 Å². The van der Waals surface area contributed by atoms with Gasteiger partial charge in [0.25, 0.3) is 5.56 Å². The van der Waals surface area contributed by atoms with Crippen LogP contribution >= 0.6 is 11.8 Å². The average molecular weight is 462 g/mol. The molecule has 170 valence electrons. The van der Waals surface area contributed by atoms with E-state index in [9.17, 15) is 18.4 Å². The van der Waals surface area contributed by atoms with Gasteiger partial charge in [-0.15, -0.1) is 0 Å². The zero-order valence-corrected chi connectivity index (χ0v) is 18.9. The lowest BCUT2D eigenvalue weighted by molar-refractivity contribution is -0.115. The number of thioether (sulfide) groups is 1. The van der Waals surface area contributed by atoms with Gasteiger partial charge in [0.05, 0.1) is 27.9 Å². The first-order valence-corrected chi connectivity index (χ1v) is 11.2. The van der Waals surface area contributed by atoms with Gasteiger partial charge in [-0.1, -0.05) is 23.9 Å². The van der Waals surface area contributed by atoms with Crippen LogP contribution in [0.5, 0.6) is 0 Å². The highest BCUT2D eigenvalue weighted by Gasteiger charge is 2.20. The normalized spacial score (nSPS) is 12.3. The number of fused-ring (bicyclic) bond motifs is 1. The molecule has 3 rings (SSSR count). The number of aromatic nitrogens is 2. The molecule has 1 atom stereocenters. The minimum atomic E-state index is -0.733. The zero-order chi connectivity index (χ0) is 23.3. The Kier molecular flexibility index (Phi) is 7.98. The smallest absolute Gasteiger partial charge is 0.262 e. The van der Waals surface area contributed by atoms with Crippen molar-refractivity contribution in [2.75, 3.05) is 11.9 Å². The molecule has 6 nitrogen and oxygen atoms in total. The molecule has 1 amide bonds. The first-order valence-electron chi connectivity index (χ1n) is 10.3. The van der Waals surface area contributed by atoms with Crippen LogP contribution in [0, 0.1) is 11.6 Å². The number of carbonyl (C=O) groups excluding carboxylic acids is 1. The summed E-state index contributed by atoms with van der Waals surface area (Å²) in [5.41, 5.74) is 0.0852. The van der Waals surface area contributed by atoms with Crippen LogP contribution in [0.25, 0.3) is 10.9 Å². The second-order valence-corrected chi connectivity index (χ2v) is 8.82. The Hall–Kier alpha value is -2.78. The number of carbonyl (C=O) groups is 1. The number of nitrogens with one attached hydrogen (secondary N) is 1. The van der Waals surface area contributed by atoms with Crippen LogP contribution in [0.15, 0.2) is 52.4 Å². The van der Waals surface area contributed by atoms with E-state index in [1.165, 1.54) is 4.57 Å². The molecular weight excluding hydrogens is 436 g/mol. The molecule has 0 radical (unpaired) electrons. The van der Waals surface area contributed by atoms with Crippen molar-refractivity contribution in [1.29, 1.82) is 0 Å². The molecule has 0 fully saturated rings. The summed E-state index contributed by atoms with van der Waals surface area (Å²) < 4.78 is 34.4. The van der Waals surface area contributed by atoms with Crippen molar-refractivity contribution in [3.8, 4) is 0 Å². The number of benzene rings is 2. The molecule has 0 spiro atoms. The molecule has 9 heteroatoms. The molecule has 0 saturated heterocycles. The minimum Gasteiger partial charge on any atom is -0.379 e. The monoisotopic (exact) mass is 461 g/mol. The lowest BCUT2D eigenvalue weighted by Gasteiger charge is -2.17. The molecule has 1 N–H and O–H groups in total. The van der Waals surface area contributed by atoms with E-state index in [1.54, 1.807) is 31.2 Å². The quantitative estimate of drug-likeness (QED) is 0.286. The van der Waals surface area contributed by atoms with Gasteiger partial charge in [-0.25, -0.2) is 13.8 Å². The first-order chi connectivity index (χ1) is 15.3. The van der Waals surface area contributed by atoms with E-state index in [4.69, 9.17) is 4.74 Å². The highest BCUT2D eigenvalue weighted by molar-refractivity contribution is 8.00. The molecule has 32 heavy (non-hydrogen) atoms. The van der Waals surface area contributed by atoms with Gasteiger partial charge in [0, 0.05) is 19.2 Å². The lowest BCUT2D eigenvalue weighted by atomic mass is 10.2. The number of hydrogen-bond donors (Lipinski definition) is 1. The topological polar surface area (TPSA) is 73.2 Å². The molecule has 1 aromatic heterocycles. The van der Waals surface area contributed by atoms with Gasteiger partial charge in [0.15, 0.2) is 5.16 Å². The molecular formula is C23H25F2N3O3S. The van der Waals surface area contributed by atoms with E-state index in [2.05, 4.69) is 10.3 Å². The number of rotatable bonds is 9. The molecule has 2 aromatic carbocycles. The first kappa shape index (κ1) is 23.9. The molecule has 0 saturated carbocycles. The molecule has 0 aliphatic heterocycles. The van der Waals surface area contributed by atoms with Gasteiger partial charge in [-0.2, -0.15) is 0 Å². The Morgan fingerprint density at radius 2 is 1.94 bits per heavy atom. The van der Waals surface area contributed by atoms with Crippen molar-refractivity contribution >= 4 is 34.3 Å². The van der Waals surface area contributed by atoms with Crippen LogP contribution in [0.2, 0.25) is 0 Å². The predicted octanol–water partition coefficient (Wildman–Crippen LogP) is 4.61. The van der Waals surface area contributed by atoms with Gasteiger partial charge in [0.2, 0.25) is 5.91 Å². The number of hydrogen-bond acceptors (Lipinski definition) is 5. The van der Waals surface area contributed by atoms with Gasteiger partial charge in [0.1, 0.15) is 11.6 Å². The van der Waals surface area contributed by atoms with Gasteiger partial charge < -0.3 is 10.1 Å². The van der Waals surface area contributed by atoms with Crippen molar-refractivity contribution in [2.45, 2.75) is 50.2 Å².